The van der Waals surface area contributed by atoms with Crippen molar-refractivity contribution in [2.45, 2.75) is 6.18 Å². The Balaban J connectivity index is 1.95. The number of halogens is 3. The van der Waals surface area contributed by atoms with Gasteiger partial charge in [0.25, 0.3) is 0 Å². The lowest BCUT2D eigenvalue weighted by Crippen LogP contribution is -2.13. The Labute approximate surface area is 143 Å². The molecule has 25 heavy (non-hydrogen) atoms. The molecule has 3 aromatic carbocycles. The summed E-state index contributed by atoms with van der Waals surface area (Å²) in [6.07, 6.45) is -4.35. The fraction of sp³-hybridized carbons (Fsp3) is 0.0500. The van der Waals surface area contributed by atoms with Crippen molar-refractivity contribution in [2.75, 3.05) is 5.32 Å². The highest BCUT2D eigenvalue weighted by Gasteiger charge is 2.29. The van der Waals surface area contributed by atoms with E-state index < -0.39 is 11.7 Å². The molecule has 0 heterocycles. The van der Waals surface area contributed by atoms with Crippen LogP contribution in [0.2, 0.25) is 0 Å². The minimum atomic E-state index is -4.35. The van der Waals surface area contributed by atoms with Crippen molar-refractivity contribution in [3.8, 4) is 0 Å². The summed E-state index contributed by atoms with van der Waals surface area (Å²) in [6, 6.07) is 23.7. The standard InChI is InChI=1S/C20H15F3N2/c21-20(22,23)16-11-13-18(14-12-16)25-19(15-7-3-1-4-8-15)24-17-9-5-2-6-10-17/h1-14H,(H,24,25). The van der Waals surface area contributed by atoms with E-state index in [1.807, 2.05) is 60.7 Å². The van der Waals surface area contributed by atoms with Crippen LogP contribution in [0.1, 0.15) is 11.1 Å². The molecule has 3 rings (SSSR count). The highest BCUT2D eigenvalue weighted by atomic mass is 19.4. The average molecular weight is 340 g/mol. The molecule has 0 fully saturated rings. The monoisotopic (exact) mass is 340 g/mol. The minimum Gasteiger partial charge on any atom is -0.340 e. The van der Waals surface area contributed by atoms with Crippen LogP contribution >= 0.6 is 0 Å². The van der Waals surface area contributed by atoms with Gasteiger partial charge in [-0.2, -0.15) is 13.2 Å². The number of nitrogens with one attached hydrogen (secondary N) is 1. The second-order valence-electron chi connectivity index (χ2n) is 5.36. The summed E-state index contributed by atoms with van der Waals surface area (Å²) in [6.45, 7) is 0. The summed E-state index contributed by atoms with van der Waals surface area (Å²) in [5.41, 5.74) is 1.43. The Morgan fingerprint density at radius 1 is 0.720 bits per heavy atom. The molecular formula is C20H15F3N2. The summed E-state index contributed by atoms with van der Waals surface area (Å²) in [7, 11) is 0. The van der Waals surface area contributed by atoms with Gasteiger partial charge < -0.3 is 5.32 Å². The van der Waals surface area contributed by atoms with Crippen LogP contribution in [-0.2, 0) is 6.18 Å². The summed E-state index contributed by atoms with van der Waals surface area (Å²) in [4.78, 5) is 4.49. The van der Waals surface area contributed by atoms with Crippen LogP contribution in [0, 0.1) is 0 Å². The molecule has 0 amide bonds. The van der Waals surface area contributed by atoms with E-state index in [4.69, 9.17) is 0 Å². The van der Waals surface area contributed by atoms with E-state index in [1.165, 1.54) is 12.1 Å². The molecule has 0 spiro atoms. The number of para-hydroxylation sites is 1. The lowest BCUT2D eigenvalue weighted by atomic mass is 10.1. The molecule has 0 bridgehead atoms. The molecule has 0 aliphatic heterocycles. The number of alkyl halides is 3. The fourth-order valence-corrected chi connectivity index (χ4v) is 2.27. The molecular weight excluding hydrogens is 325 g/mol. The lowest BCUT2D eigenvalue weighted by Gasteiger charge is -2.11. The van der Waals surface area contributed by atoms with Crippen molar-refractivity contribution in [1.82, 2.24) is 0 Å². The van der Waals surface area contributed by atoms with Crippen molar-refractivity contribution in [3.05, 3.63) is 96.1 Å². The maximum absolute atomic E-state index is 12.7. The van der Waals surface area contributed by atoms with Gasteiger partial charge >= 0.3 is 6.18 Å². The first-order valence-corrected chi connectivity index (χ1v) is 7.66. The Bertz CT molecular complexity index is 840. The maximum atomic E-state index is 12.7. The first-order chi connectivity index (χ1) is 12.0. The smallest absolute Gasteiger partial charge is 0.340 e. The van der Waals surface area contributed by atoms with Crippen molar-refractivity contribution >= 4 is 17.2 Å². The van der Waals surface area contributed by atoms with E-state index >= 15 is 0 Å². The third kappa shape index (κ3) is 4.47. The zero-order valence-electron chi connectivity index (χ0n) is 13.2. The number of nitrogens with zero attached hydrogens (tertiary/aromatic N) is 1. The molecule has 0 aromatic heterocycles. The van der Waals surface area contributed by atoms with Gasteiger partial charge in [0, 0.05) is 11.3 Å². The summed E-state index contributed by atoms with van der Waals surface area (Å²) in [5.74, 6) is 0.562. The van der Waals surface area contributed by atoms with Crippen LogP contribution in [0.5, 0.6) is 0 Å². The zero-order valence-corrected chi connectivity index (χ0v) is 13.2. The van der Waals surface area contributed by atoms with Gasteiger partial charge in [-0.05, 0) is 36.4 Å². The van der Waals surface area contributed by atoms with Gasteiger partial charge in [-0.1, -0.05) is 48.5 Å². The molecule has 0 unspecified atom stereocenters. The van der Waals surface area contributed by atoms with Crippen LogP contribution in [0.4, 0.5) is 24.5 Å². The van der Waals surface area contributed by atoms with Gasteiger partial charge in [-0.15, -0.1) is 0 Å². The summed E-state index contributed by atoms with van der Waals surface area (Å²) < 4.78 is 38.1. The Kier molecular flexibility index (Phi) is 4.84. The van der Waals surface area contributed by atoms with E-state index in [1.54, 1.807) is 0 Å². The van der Waals surface area contributed by atoms with Crippen molar-refractivity contribution in [1.29, 1.82) is 0 Å². The Hall–Kier alpha value is -3.08. The van der Waals surface area contributed by atoms with E-state index in [0.717, 1.165) is 23.4 Å². The second kappa shape index (κ2) is 7.21. The molecule has 0 radical (unpaired) electrons. The molecule has 0 aliphatic rings. The van der Waals surface area contributed by atoms with Crippen molar-refractivity contribution in [3.63, 3.8) is 0 Å². The lowest BCUT2D eigenvalue weighted by molar-refractivity contribution is -0.137. The molecule has 0 saturated carbocycles. The SMILES string of the molecule is FC(F)(F)c1ccc(N=C(Nc2ccccc2)c2ccccc2)cc1. The van der Waals surface area contributed by atoms with Gasteiger partial charge in [0.1, 0.15) is 5.84 Å². The predicted octanol–water partition coefficient (Wildman–Crippen LogP) is 5.90. The van der Waals surface area contributed by atoms with Crippen LogP contribution < -0.4 is 5.32 Å². The zero-order chi connectivity index (χ0) is 17.7. The van der Waals surface area contributed by atoms with Gasteiger partial charge in [0.2, 0.25) is 0 Å². The van der Waals surface area contributed by atoms with Crippen LogP contribution in [0.25, 0.3) is 0 Å². The van der Waals surface area contributed by atoms with Gasteiger partial charge in [0.15, 0.2) is 0 Å². The van der Waals surface area contributed by atoms with Gasteiger partial charge in [0.05, 0.1) is 11.3 Å². The molecule has 2 nitrogen and oxygen atoms in total. The number of hydrogen-bond donors (Lipinski definition) is 1. The number of aliphatic imine (C=N–C) groups is 1. The third-order valence-corrected chi connectivity index (χ3v) is 3.52. The average Bonchev–Trinajstić information content (AvgIpc) is 2.62. The number of amidine groups is 1. The van der Waals surface area contributed by atoms with Crippen LogP contribution in [0.3, 0.4) is 0 Å². The largest absolute Gasteiger partial charge is 0.416 e. The second-order valence-corrected chi connectivity index (χ2v) is 5.36. The molecule has 3 aromatic rings. The molecule has 0 saturated heterocycles. The minimum absolute atomic E-state index is 0.440. The highest BCUT2D eigenvalue weighted by molar-refractivity contribution is 6.09. The van der Waals surface area contributed by atoms with Gasteiger partial charge in [-0.3, -0.25) is 0 Å². The van der Waals surface area contributed by atoms with Crippen LogP contribution in [-0.4, -0.2) is 5.84 Å². The van der Waals surface area contributed by atoms with E-state index in [0.29, 0.717) is 11.5 Å². The predicted molar refractivity (Wildman–Crippen MR) is 94.1 cm³/mol. The van der Waals surface area contributed by atoms with E-state index in [2.05, 4.69) is 10.3 Å². The summed E-state index contributed by atoms with van der Waals surface area (Å²) in [5, 5.41) is 3.22. The molecule has 1 N–H and O–H groups in total. The number of rotatable bonds is 3. The normalized spacial score (nSPS) is 12.0. The number of hydrogen-bond acceptors (Lipinski definition) is 1. The summed E-state index contributed by atoms with van der Waals surface area (Å²) >= 11 is 0. The van der Waals surface area contributed by atoms with Gasteiger partial charge in [-0.25, -0.2) is 4.99 Å². The first kappa shape index (κ1) is 16.8. The topological polar surface area (TPSA) is 24.4 Å². The van der Waals surface area contributed by atoms with Crippen molar-refractivity contribution < 1.29 is 13.2 Å². The number of anilines is 1. The highest BCUT2D eigenvalue weighted by Crippen LogP contribution is 2.30. The Morgan fingerprint density at radius 3 is 1.84 bits per heavy atom. The number of benzene rings is 3. The van der Waals surface area contributed by atoms with E-state index in [9.17, 15) is 13.2 Å². The van der Waals surface area contributed by atoms with Crippen molar-refractivity contribution in [2.24, 2.45) is 4.99 Å². The Morgan fingerprint density at radius 2 is 1.28 bits per heavy atom. The van der Waals surface area contributed by atoms with Crippen LogP contribution in [0.15, 0.2) is 89.9 Å². The molecule has 0 atom stereocenters. The third-order valence-electron chi connectivity index (χ3n) is 3.52. The fourth-order valence-electron chi connectivity index (χ4n) is 2.27. The molecule has 126 valence electrons. The maximum Gasteiger partial charge on any atom is 0.416 e. The first-order valence-electron chi connectivity index (χ1n) is 7.66. The molecule has 0 aliphatic carbocycles. The van der Waals surface area contributed by atoms with E-state index in [-0.39, 0.29) is 0 Å². The quantitative estimate of drug-likeness (QED) is 0.466. The molecule has 5 heteroatoms.